The van der Waals surface area contributed by atoms with Crippen LogP contribution in [0.4, 0.5) is 13.2 Å². The molecule has 170 valence electrons. The predicted octanol–water partition coefficient (Wildman–Crippen LogP) is 2.90. The maximum absolute atomic E-state index is 12.4. The molecule has 0 aliphatic carbocycles. The summed E-state index contributed by atoms with van der Waals surface area (Å²) in [6.07, 6.45) is -4.43. The summed E-state index contributed by atoms with van der Waals surface area (Å²) in [6, 6.07) is 4.64. The number of aliphatic imine (C=N–C) groups is 1. The number of guanidine groups is 1. The SMILES string of the molecule is CCNC(=NCc1ccc(OCC(F)(F)F)c(OC)c1)N(C)CC(=O)N(CC)CC. The van der Waals surface area contributed by atoms with Gasteiger partial charge in [-0.15, -0.1) is 0 Å². The average Bonchev–Trinajstić information content (AvgIpc) is 2.69. The lowest BCUT2D eigenvalue weighted by atomic mass is 10.2. The maximum atomic E-state index is 12.4. The normalized spacial score (nSPS) is 11.8. The molecule has 0 saturated heterocycles. The van der Waals surface area contributed by atoms with Gasteiger partial charge in [-0.2, -0.15) is 13.2 Å². The molecule has 0 atom stereocenters. The fourth-order valence-corrected chi connectivity index (χ4v) is 2.68. The number of nitrogens with one attached hydrogen (secondary N) is 1. The second-order valence-corrected chi connectivity index (χ2v) is 6.48. The molecule has 0 spiro atoms. The number of rotatable bonds is 10. The molecule has 0 fully saturated rings. The van der Waals surface area contributed by atoms with E-state index in [0.29, 0.717) is 25.6 Å². The van der Waals surface area contributed by atoms with Gasteiger partial charge in [0.1, 0.15) is 0 Å². The zero-order valence-corrected chi connectivity index (χ0v) is 18.2. The molecule has 0 aliphatic rings. The van der Waals surface area contributed by atoms with Crippen molar-refractivity contribution in [1.82, 2.24) is 15.1 Å². The van der Waals surface area contributed by atoms with E-state index < -0.39 is 12.8 Å². The summed E-state index contributed by atoms with van der Waals surface area (Å²) in [7, 11) is 3.14. The van der Waals surface area contributed by atoms with Crippen LogP contribution in [-0.2, 0) is 11.3 Å². The van der Waals surface area contributed by atoms with E-state index in [1.807, 2.05) is 20.8 Å². The fraction of sp³-hybridized carbons (Fsp3) is 0.600. The van der Waals surface area contributed by atoms with E-state index in [0.717, 1.165) is 5.56 Å². The standard InChI is InChI=1S/C20H31F3N4O3/c1-6-24-19(26(4)13-18(28)27(7-2)8-3)25-12-15-9-10-16(17(11-15)29-5)30-14-20(21,22)23/h9-11H,6-8,12-14H2,1-5H3,(H,24,25). The lowest BCUT2D eigenvalue weighted by molar-refractivity contribution is -0.153. The minimum Gasteiger partial charge on any atom is -0.493 e. The molecular formula is C20H31F3N4O3. The molecule has 1 N–H and O–H groups in total. The molecule has 1 aromatic carbocycles. The first-order chi connectivity index (χ1) is 14.1. The van der Waals surface area contributed by atoms with Crippen LogP contribution in [0.1, 0.15) is 26.3 Å². The van der Waals surface area contributed by atoms with Crippen LogP contribution in [0.15, 0.2) is 23.2 Å². The number of methoxy groups -OCH3 is 1. The number of nitrogens with zero attached hydrogens (tertiary/aromatic N) is 3. The second-order valence-electron chi connectivity index (χ2n) is 6.48. The fourth-order valence-electron chi connectivity index (χ4n) is 2.68. The summed E-state index contributed by atoms with van der Waals surface area (Å²) in [5.74, 6) is 0.758. The first-order valence-electron chi connectivity index (χ1n) is 9.78. The van der Waals surface area contributed by atoms with Gasteiger partial charge in [-0.25, -0.2) is 4.99 Å². The zero-order chi connectivity index (χ0) is 22.7. The Bertz CT molecular complexity index is 707. The molecule has 0 bridgehead atoms. The van der Waals surface area contributed by atoms with E-state index in [1.165, 1.54) is 13.2 Å². The van der Waals surface area contributed by atoms with Gasteiger partial charge in [0.25, 0.3) is 0 Å². The highest BCUT2D eigenvalue weighted by Crippen LogP contribution is 2.30. The Balaban J connectivity index is 2.89. The summed E-state index contributed by atoms with van der Waals surface area (Å²) in [6.45, 7) is 6.71. The molecule has 0 radical (unpaired) electrons. The Labute approximate surface area is 175 Å². The first kappa shape index (κ1) is 25.4. The first-order valence-corrected chi connectivity index (χ1v) is 9.78. The molecule has 7 nitrogen and oxygen atoms in total. The number of hydrogen-bond donors (Lipinski definition) is 1. The van der Waals surface area contributed by atoms with Crippen LogP contribution in [0.5, 0.6) is 11.5 Å². The topological polar surface area (TPSA) is 66.4 Å². The molecule has 0 aliphatic heterocycles. The van der Waals surface area contributed by atoms with Crippen molar-refractivity contribution in [3.05, 3.63) is 23.8 Å². The minimum atomic E-state index is -4.43. The largest absolute Gasteiger partial charge is 0.493 e. The Morgan fingerprint density at radius 1 is 1.17 bits per heavy atom. The molecule has 1 rings (SSSR count). The summed E-state index contributed by atoms with van der Waals surface area (Å²) >= 11 is 0. The number of benzene rings is 1. The van der Waals surface area contributed by atoms with Gasteiger partial charge in [0.15, 0.2) is 24.1 Å². The Kier molecular flexibility index (Phi) is 10.3. The minimum absolute atomic E-state index is 0.000869. The van der Waals surface area contributed by atoms with Crippen molar-refractivity contribution in [2.24, 2.45) is 4.99 Å². The van der Waals surface area contributed by atoms with Gasteiger partial charge >= 0.3 is 6.18 Å². The summed E-state index contributed by atoms with van der Waals surface area (Å²) in [5.41, 5.74) is 0.727. The Morgan fingerprint density at radius 2 is 1.83 bits per heavy atom. The van der Waals surface area contributed by atoms with E-state index in [2.05, 4.69) is 10.3 Å². The van der Waals surface area contributed by atoms with Crippen molar-refractivity contribution < 1.29 is 27.4 Å². The van der Waals surface area contributed by atoms with Gasteiger partial charge in [-0.1, -0.05) is 6.07 Å². The van der Waals surface area contributed by atoms with E-state index in [-0.39, 0.29) is 30.5 Å². The molecular weight excluding hydrogens is 401 g/mol. The number of likely N-dealkylation sites (N-methyl/N-ethyl adjacent to an activating group) is 2. The van der Waals surface area contributed by atoms with Gasteiger partial charge in [-0.3, -0.25) is 4.79 Å². The van der Waals surface area contributed by atoms with E-state index in [1.54, 1.807) is 29.0 Å². The van der Waals surface area contributed by atoms with Crippen LogP contribution >= 0.6 is 0 Å². The van der Waals surface area contributed by atoms with E-state index in [9.17, 15) is 18.0 Å². The van der Waals surface area contributed by atoms with Crippen molar-refractivity contribution in [2.75, 3.05) is 46.9 Å². The van der Waals surface area contributed by atoms with Gasteiger partial charge in [-0.05, 0) is 38.5 Å². The Morgan fingerprint density at radius 3 is 2.37 bits per heavy atom. The highest BCUT2D eigenvalue weighted by molar-refractivity contribution is 5.86. The van der Waals surface area contributed by atoms with Crippen LogP contribution in [0.25, 0.3) is 0 Å². The van der Waals surface area contributed by atoms with Crippen molar-refractivity contribution in [3.8, 4) is 11.5 Å². The number of halogens is 3. The molecule has 1 aromatic rings. The van der Waals surface area contributed by atoms with Gasteiger partial charge < -0.3 is 24.6 Å². The lowest BCUT2D eigenvalue weighted by Gasteiger charge is -2.25. The third-order valence-corrected chi connectivity index (χ3v) is 4.22. The lowest BCUT2D eigenvalue weighted by Crippen LogP contribution is -2.45. The number of carbonyl (C=O) groups excluding carboxylic acids is 1. The van der Waals surface area contributed by atoms with Crippen LogP contribution in [0.2, 0.25) is 0 Å². The van der Waals surface area contributed by atoms with E-state index >= 15 is 0 Å². The molecule has 0 aromatic heterocycles. The van der Waals surface area contributed by atoms with Crippen molar-refractivity contribution in [1.29, 1.82) is 0 Å². The molecule has 0 saturated carbocycles. The van der Waals surface area contributed by atoms with Crippen LogP contribution in [0, 0.1) is 0 Å². The second kappa shape index (κ2) is 12.1. The van der Waals surface area contributed by atoms with Crippen molar-refractivity contribution in [2.45, 2.75) is 33.5 Å². The molecule has 1 amide bonds. The maximum Gasteiger partial charge on any atom is 0.422 e. The summed E-state index contributed by atoms with van der Waals surface area (Å²) < 4.78 is 47.1. The zero-order valence-electron chi connectivity index (χ0n) is 18.2. The third-order valence-electron chi connectivity index (χ3n) is 4.22. The average molecular weight is 432 g/mol. The number of alkyl halides is 3. The van der Waals surface area contributed by atoms with Crippen LogP contribution in [0.3, 0.4) is 0 Å². The molecule has 0 unspecified atom stereocenters. The van der Waals surface area contributed by atoms with Crippen molar-refractivity contribution >= 4 is 11.9 Å². The third kappa shape index (κ3) is 8.38. The molecule has 30 heavy (non-hydrogen) atoms. The highest BCUT2D eigenvalue weighted by Gasteiger charge is 2.29. The number of amides is 1. The van der Waals surface area contributed by atoms with Gasteiger partial charge in [0.2, 0.25) is 5.91 Å². The van der Waals surface area contributed by atoms with E-state index in [4.69, 9.17) is 9.47 Å². The molecule has 10 heteroatoms. The number of carbonyl (C=O) groups is 1. The monoisotopic (exact) mass is 432 g/mol. The number of hydrogen-bond acceptors (Lipinski definition) is 4. The quantitative estimate of drug-likeness (QED) is 0.455. The van der Waals surface area contributed by atoms with Crippen molar-refractivity contribution in [3.63, 3.8) is 0 Å². The van der Waals surface area contributed by atoms with Crippen LogP contribution in [-0.4, -0.2) is 74.8 Å². The smallest absolute Gasteiger partial charge is 0.422 e. The summed E-state index contributed by atoms with van der Waals surface area (Å²) in [5, 5.41) is 3.13. The highest BCUT2D eigenvalue weighted by atomic mass is 19.4. The number of ether oxygens (including phenoxy) is 2. The van der Waals surface area contributed by atoms with Gasteiger partial charge in [0, 0.05) is 26.7 Å². The van der Waals surface area contributed by atoms with Crippen LogP contribution < -0.4 is 14.8 Å². The molecule has 0 heterocycles. The summed E-state index contributed by atoms with van der Waals surface area (Å²) in [4.78, 5) is 20.3. The predicted molar refractivity (Wildman–Crippen MR) is 110 cm³/mol. The van der Waals surface area contributed by atoms with Gasteiger partial charge in [0.05, 0.1) is 20.2 Å². The Hall–Kier alpha value is -2.65.